The van der Waals surface area contributed by atoms with Crippen molar-refractivity contribution in [3.63, 3.8) is 0 Å². The first-order chi connectivity index (χ1) is 16.4. The molecule has 0 amide bonds. The normalized spacial score (nSPS) is 15.7. The predicted octanol–water partition coefficient (Wildman–Crippen LogP) is 4.88. The van der Waals surface area contributed by atoms with E-state index in [9.17, 15) is 8.42 Å². The van der Waals surface area contributed by atoms with Crippen LogP contribution in [0.1, 0.15) is 22.7 Å². The Morgan fingerprint density at radius 2 is 1.62 bits per heavy atom. The fourth-order valence-electron chi connectivity index (χ4n) is 4.67. The summed E-state index contributed by atoms with van der Waals surface area (Å²) in [5, 5.41) is 5.46. The number of hydrogen-bond acceptors (Lipinski definition) is 4. The van der Waals surface area contributed by atoms with E-state index in [1.807, 2.05) is 72.8 Å². The van der Waals surface area contributed by atoms with Crippen LogP contribution >= 0.6 is 0 Å². The molecule has 0 spiro atoms. The summed E-state index contributed by atoms with van der Waals surface area (Å²) >= 11 is 0. The maximum absolute atomic E-state index is 15.1. The summed E-state index contributed by atoms with van der Waals surface area (Å²) in [6.07, 6.45) is 0.407. The van der Waals surface area contributed by atoms with E-state index in [1.54, 1.807) is 0 Å². The molecule has 4 aromatic rings. The molecular weight excluding hydrogens is 449 g/mol. The third-order valence-electron chi connectivity index (χ3n) is 6.18. The van der Waals surface area contributed by atoms with Crippen molar-refractivity contribution in [1.82, 2.24) is 4.98 Å². The van der Waals surface area contributed by atoms with Crippen LogP contribution in [0.3, 0.4) is 0 Å². The number of anilines is 1. The second kappa shape index (κ2) is 9.00. The number of nitrogens with two attached hydrogens (primary N) is 1. The smallest absolute Gasteiger partial charge is 0.238 e. The van der Waals surface area contributed by atoms with E-state index < -0.39 is 21.8 Å². The molecule has 0 fully saturated rings. The number of hydrogen-bond donors (Lipinski definition) is 1. The highest BCUT2D eigenvalue weighted by Gasteiger charge is 2.32. The van der Waals surface area contributed by atoms with Gasteiger partial charge in [-0.2, -0.15) is 0 Å². The first-order valence-corrected chi connectivity index (χ1v) is 12.6. The standard InChI is InChI=1S/C27H24FN3O2S/c28-22-12-7-13-26(34(29,32)33)27(22)21-16-24-25(31(18-21)17-19-8-3-1-4-9-19)15-14-23(30-24)20-10-5-2-6-11-20/h1-15,21H,16-18H2,(H2,29,32,33). The lowest BCUT2D eigenvalue weighted by molar-refractivity contribution is 0.530. The molecule has 2 heterocycles. The van der Waals surface area contributed by atoms with Crippen molar-refractivity contribution < 1.29 is 12.8 Å². The van der Waals surface area contributed by atoms with Crippen molar-refractivity contribution in [2.45, 2.75) is 23.8 Å². The minimum atomic E-state index is -4.09. The molecule has 172 valence electrons. The van der Waals surface area contributed by atoms with Crippen molar-refractivity contribution in [2.24, 2.45) is 5.14 Å². The van der Waals surface area contributed by atoms with Gasteiger partial charge in [0.2, 0.25) is 10.0 Å². The molecule has 1 aliphatic rings. The minimum Gasteiger partial charge on any atom is -0.365 e. The van der Waals surface area contributed by atoms with Crippen molar-refractivity contribution >= 4 is 15.7 Å². The summed E-state index contributed by atoms with van der Waals surface area (Å²) in [7, 11) is -4.09. The molecule has 5 rings (SSSR count). The Kier molecular flexibility index (Phi) is 5.89. The van der Waals surface area contributed by atoms with Crippen LogP contribution in [0.15, 0.2) is 95.9 Å². The van der Waals surface area contributed by atoms with E-state index in [4.69, 9.17) is 10.1 Å². The van der Waals surface area contributed by atoms with Gasteiger partial charge in [0.05, 0.1) is 22.0 Å². The zero-order valence-corrected chi connectivity index (χ0v) is 19.2. The van der Waals surface area contributed by atoms with Crippen molar-refractivity contribution in [3.05, 3.63) is 114 Å². The highest BCUT2D eigenvalue weighted by atomic mass is 32.2. The lowest BCUT2D eigenvalue weighted by Gasteiger charge is -2.36. The van der Waals surface area contributed by atoms with E-state index in [1.165, 1.54) is 18.2 Å². The fourth-order valence-corrected chi connectivity index (χ4v) is 5.51. The Hall–Kier alpha value is -3.55. The third-order valence-corrected chi connectivity index (χ3v) is 7.15. The molecule has 0 saturated heterocycles. The highest BCUT2D eigenvalue weighted by molar-refractivity contribution is 7.89. The summed E-state index contributed by atoms with van der Waals surface area (Å²) in [6, 6.07) is 27.9. The SMILES string of the molecule is NS(=O)(=O)c1cccc(F)c1C1Cc2nc(-c3ccccc3)ccc2N(Cc2ccccc2)C1. The number of nitrogens with zero attached hydrogens (tertiary/aromatic N) is 2. The van der Waals surface area contributed by atoms with Crippen molar-refractivity contribution in [3.8, 4) is 11.3 Å². The van der Waals surface area contributed by atoms with Gasteiger partial charge in [-0.1, -0.05) is 66.7 Å². The quantitative estimate of drug-likeness (QED) is 0.448. The first kappa shape index (κ1) is 22.3. The molecule has 0 bridgehead atoms. The lowest BCUT2D eigenvalue weighted by atomic mass is 9.88. The molecule has 1 atom stereocenters. The van der Waals surface area contributed by atoms with Gasteiger partial charge in [-0.25, -0.2) is 17.9 Å². The number of benzene rings is 3. The average Bonchev–Trinajstić information content (AvgIpc) is 2.84. The Morgan fingerprint density at radius 3 is 2.32 bits per heavy atom. The van der Waals surface area contributed by atoms with E-state index in [0.717, 1.165) is 28.2 Å². The van der Waals surface area contributed by atoms with E-state index in [2.05, 4.69) is 4.90 Å². The van der Waals surface area contributed by atoms with Gasteiger partial charge in [0.1, 0.15) is 5.82 Å². The molecule has 1 unspecified atom stereocenters. The van der Waals surface area contributed by atoms with Gasteiger partial charge in [0.25, 0.3) is 0 Å². The van der Waals surface area contributed by atoms with Gasteiger partial charge < -0.3 is 4.90 Å². The molecule has 0 saturated carbocycles. The second-order valence-electron chi connectivity index (χ2n) is 8.49. The van der Waals surface area contributed by atoms with Gasteiger partial charge >= 0.3 is 0 Å². The number of sulfonamides is 1. The maximum Gasteiger partial charge on any atom is 0.238 e. The van der Waals surface area contributed by atoms with Gasteiger partial charge in [0, 0.05) is 36.6 Å². The van der Waals surface area contributed by atoms with Gasteiger partial charge in [0.15, 0.2) is 0 Å². The zero-order chi connectivity index (χ0) is 23.7. The monoisotopic (exact) mass is 473 g/mol. The first-order valence-electron chi connectivity index (χ1n) is 11.1. The Morgan fingerprint density at radius 1 is 0.912 bits per heavy atom. The Balaban J connectivity index is 1.62. The van der Waals surface area contributed by atoms with Crippen LogP contribution in [0.4, 0.5) is 10.1 Å². The summed E-state index contributed by atoms with van der Waals surface area (Å²) in [5.74, 6) is -0.997. The van der Waals surface area contributed by atoms with Gasteiger partial charge in [-0.15, -0.1) is 0 Å². The molecule has 34 heavy (non-hydrogen) atoms. The predicted molar refractivity (Wildman–Crippen MR) is 131 cm³/mol. The van der Waals surface area contributed by atoms with Crippen LogP contribution in [-0.2, 0) is 23.0 Å². The molecular formula is C27H24FN3O2S. The van der Waals surface area contributed by atoms with Crippen LogP contribution in [0.5, 0.6) is 0 Å². The Bertz CT molecular complexity index is 1430. The molecule has 0 aliphatic carbocycles. The van der Waals surface area contributed by atoms with Gasteiger partial charge in [-0.05, 0) is 29.8 Å². The van der Waals surface area contributed by atoms with E-state index >= 15 is 4.39 Å². The largest absolute Gasteiger partial charge is 0.365 e. The third kappa shape index (κ3) is 4.44. The highest BCUT2D eigenvalue weighted by Crippen LogP contribution is 2.38. The second-order valence-corrected chi connectivity index (χ2v) is 10.0. The number of pyridine rings is 1. The molecule has 3 aromatic carbocycles. The number of rotatable bonds is 5. The Labute approximate surface area is 198 Å². The molecule has 1 aliphatic heterocycles. The van der Waals surface area contributed by atoms with E-state index in [-0.39, 0.29) is 10.5 Å². The van der Waals surface area contributed by atoms with Gasteiger partial charge in [-0.3, -0.25) is 4.98 Å². The van der Waals surface area contributed by atoms with Crippen molar-refractivity contribution in [2.75, 3.05) is 11.4 Å². The van der Waals surface area contributed by atoms with Crippen LogP contribution in [0.2, 0.25) is 0 Å². The number of primary sulfonamides is 1. The topological polar surface area (TPSA) is 76.3 Å². The average molecular weight is 474 g/mol. The summed E-state index contributed by atoms with van der Waals surface area (Å²) in [4.78, 5) is 6.90. The zero-order valence-electron chi connectivity index (χ0n) is 18.4. The van der Waals surface area contributed by atoms with Crippen LogP contribution in [-0.4, -0.2) is 19.9 Å². The molecule has 0 radical (unpaired) electrons. The van der Waals surface area contributed by atoms with Crippen LogP contribution in [0.25, 0.3) is 11.3 Å². The number of aromatic nitrogens is 1. The summed E-state index contributed by atoms with van der Waals surface area (Å²) in [6.45, 7) is 1.04. The van der Waals surface area contributed by atoms with Crippen LogP contribution in [0, 0.1) is 5.82 Å². The number of fused-ring (bicyclic) bond motifs is 1. The maximum atomic E-state index is 15.1. The van der Waals surface area contributed by atoms with E-state index in [0.29, 0.717) is 19.5 Å². The molecule has 7 heteroatoms. The minimum absolute atomic E-state index is 0.126. The molecule has 5 nitrogen and oxygen atoms in total. The number of halogens is 1. The van der Waals surface area contributed by atoms with Crippen molar-refractivity contribution in [1.29, 1.82) is 0 Å². The molecule has 2 N–H and O–H groups in total. The molecule has 1 aromatic heterocycles. The summed E-state index contributed by atoms with van der Waals surface area (Å²) < 4.78 is 39.7. The summed E-state index contributed by atoms with van der Waals surface area (Å²) in [5.41, 5.74) is 4.80. The van der Waals surface area contributed by atoms with Crippen LogP contribution < -0.4 is 10.0 Å². The fraction of sp³-hybridized carbons (Fsp3) is 0.148. The lowest BCUT2D eigenvalue weighted by Crippen LogP contribution is -2.35.